The molecule has 31 heavy (non-hydrogen) atoms. The Balaban J connectivity index is 1.13. The molecule has 7 aliphatic rings. The predicted molar refractivity (Wildman–Crippen MR) is 119 cm³/mol. The average Bonchev–Trinajstić information content (AvgIpc) is 2.74. The lowest BCUT2D eigenvalue weighted by Gasteiger charge is -2.62. The fourth-order valence-corrected chi connectivity index (χ4v) is 8.98. The first kappa shape index (κ1) is 20.0. The summed E-state index contributed by atoms with van der Waals surface area (Å²) in [6.45, 7) is 7.09. The number of ether oxygens (including phenoxy) is 1. The quantitative estimate of drug-likeness (QED) is 0.458. The topological polar surface area (TPSA) is 43.4 Å². The Labute approximate surface area is 186 Å². The fraction of sp³-hybridized carbons (Fsp3) is 0.714. The van der Waals surface area contributed by atoms with Gasteiger partial charge in [0.1, 0.15) is 6.10 Å². The molecule has 4 atom stereocenters. The fourth-order valence-electron chi connectivity index (χ4n) is 8.98. The van der Waals surface area contributed by atoms with Crippen LogP contribution < -0.4 is 0 Å². The van der Waals surface area contributed by atoms with Gasteiger partial charge in [-0.1, -0.05) is 51.1 Å². The van der Waals surface area contributed by atoms with Crippen molar-refractivity contribution in [3.05, 3.63) is 35.9 Å². The zero-order chi connectivity index (χ0) is 21.5. The van der Waals surface area contributed by atoms with Crippen LogP contribution in [0.25, 0.3) is 0 Å². The van der Waals surface area contributed by atoms with Crippen molar-refractivity contribution in [3.63, 3.8) is 0 Å². The number of esters is 1. The van der Waals surface area contributed by atoms with E-state index in [4.69, 9.17) is 4.74 Å². The summed E-state index contributed by atoms with van der Waals surface area (Å²) in [4.78, 5) is 26.6. The van der Waals surface area contributed by atoms with Gasteiger partial charge >= 0.3 is 5.97 Å². The van der Waals surface area contributed by atoms with Crippen molar-refractivity contribution in [1.82, 2.24) is 0 Å². The minimum atomic E-state index is 0.0822. The molecular formula is C28H36O3. The lowest BCUT2D eigenvalue weighted by atomic mass is 9.45. The Hall–Kier alpha value is -1.64. The van der Waals surface area contributed by atoms with Gasteiger partial charge in [0.15, 0.2) is 5.78 Å². The molecule has 0 aromatic heterocycles. The van der Waals surface area contributed by atoms with E-state index in [1.807, 2.05) is 30.3 Å². The molecule has 0 radical (unpaired) electrons. The number of fused-ring (bicyclic) bond motifs is 2. The third-order valence-electron chi connectivity index (χ3n) is 10.6. The van der Waals surface area contributed by atoms with Crippen LogP contribution in [0.1, 0.15) is 69.7 Å². The molecule has 0 amide bonds. The number of carbonyl (C=O) groups is 2. The third-order valence-corrected chi connectivity index (χ3v) is 10.6. The van der Waals surface area contributed by atoms with Crippen molar-refractivity contribution in [2.75, 3.05) is 0 Å². The van der Waals surface area contributed by atoms with E-state index in [0.29, 0.717) is 46.7 Å². The van der Waals surface area contributed by atoms with E-state index in [2.05, 4.69) is 20.8 Å². The van der Waals surface area contributed by atoms with Crippen molar-refractivity contribution in [2.45, 2.75) is 65.4 Å². The molecule has 0 heterocycles. The predicted octanol–water partition coefficient (Wildman–Crippen LogP) is 5.78. The molecule has 7 fully saturated rings. The second-order valence-electron chi connectivity index (χ2n) is 12.2. The van der Waals surface area contributed by atoms with Gasteiger partial charge < -0.3 is 4.74 Å². The first-order valence-electron chi connectivity index (χ1n) is 12.6. The van der Waals surface area contributed by atoms with Crippen LogP contribution in [-0.2, 0) is 9.53 Å². The van der Waals surface area contributed by atoms with E-state index >= 15 is 0 Å². The normalized spacial score (nSPS) is 46.3. The molecular weight excluding hydrogens is 384 g/mol. The lowest BCUT2D eigenvalue weighted by molar-refractivity contribution is -0.198. The maximum Gasteiger partial charge on any atom is 0.309 e. The highest BCUT2D eigenvalue weighted by molar-refractivity contribution is 5.98. The van der Waals surface area contributed by atoms with Crippen molar-refractivity contribution in [2.24, 2.45) is 58.7 Å². The Bertz CT molecular complexity index is 857. The van der Waals surface area contributed by atoms with E-state index in [0.717, 1.165) is 43.6 Å². The average molecular weight is 421 g/mol. The molecule has 0 aliphatic heterocycles. The van der Waals surface area contributed by atoms with Crippen LogP contribution in [-0.4, -0.2) is 17.9 Å². The van der Waals surface area contributed by atoms with E-state index in [9.17, 15) is 9.59 Å². The van der Waals surface area contributed by atoms with Crippen LogP contribution in [0.5, 0.6) is 0 Å². The molecule has 3 heteroatoms. The number of carbonyl (C=O) groups excluding carboxylic acids is 2. The van der Waals surface area contributed by atoms with Gasteiger partial charge in [-0.2, -0.15) is 0 Å². The smallest absolute Gasteiger partial charge is 0.309 e. The van der Waals surface area contributed by atoms with Crippen LogP contribution >= 0.6 is 0 Å². The van der Waals surface area contributed by atoms with Gasteiger partial charge in [-0.05, 0) is 85.4 Å². The highest BCUT2D eigenvalue weighted by Gasteiger charge is 2.59. The molecule has 0 saturated heterocycles. The minimum Gasteiger partial charge on any atom is -0.462 e. The van der Waals surface area contributed by atoms with Crippen LogP contribution in [0.2, 0.25) is 0 Å². The maximum absolute atomic E-state index is 13.4. The van der Waals surface area contributed by atoms with Crippen molar-refractivity contribution >= 4 is 11.8 Å². The van der Waals surface area contributed by atoms with Crippen molar-refractivity contribution in [1.29, 1.82) is 0 Å². The van der Waals surface area contributed by atoms with E-state index < -0.39 is 0 Å². The molecule has 1 aromatic rings. The van der Waals surface area contributed by atoms with Crippen LogP contribution in [0.4, 0.5) is 0 Å². The highest BCUT2D eigenvalue weighted by Crippen LogP contribution is 2.63. The second kappa shape index (κ2) is 6.93. The number of Topliss-reactive ketones (excluding diaryl/α,β-unsaturated/α-hetero) is 1. The summed E-state index contributed by atoms with van der Waals surface area (Å²) in [5.74, 6) is 4.36. The Kier molecular flexibility index (Phi) is 4.47. The molecule has 0 N–H and O–H groups in total. The van der Waals surface area contributed by atoms with Gasteiger partial charge in [-0.15, -0.1) is 0 Å². The van der Waals surface area contributed by atoms with Gasteiger partial charge in [-0.25, -0.2) is 0 Å². The monoisotopic (exact) mass is 420 g/mol. The summed E-state index contributed by atoms with van der Waals surface area (Å²) in [6, 6.07) is 9.83. The van der Waals surface area contributed by atoms with Crippen molar-refractivity contribution in [3.8, 4) is 0 Å². The molecule has 0 spiro atoms. The van der Waals surface area contributed by atoms with E-state index in [-0.39, 0.29) is 23.9 Å². The Morgan fingerprint density at radius 3 is 1.97 bits per heavy atom. The number of rotatable bonds is 4. The Morgan fingerprint density at radius 1 is 0.839 bits per heavy atom. The second-order valence-corrected chi connectivity index (χ2v) is 12.2. The Morgan fingerprint density at radius 2 is 1.42 bits per heavy atom. The van der Waals surface area contributed by atoms with Crippen LogP contribution in [0.3, 0.4) is 0 Å². The van der Waals surface area contributed by atoms with Crippen molar-refractivity contribution < 1.29 is 14.3 Å². The maximum atomic E-state index is 13.4. The lowest BCUT2D eigenvalue weighted by Crippen LogP contribution is -2.58. The molecule has 8 rings (SSSR count). The molecule has 0 unspecified atom stereocenters. The summed E-state index contributed by atoms with van der Waals surface area (Å²) in [5, 5.41) is 0. The molecule has 1 aromatic carbocycles. The summed E-state index contributed by atoms with van der Waals surface area (Å²) in [7, 11) is 0. The largest absolute Gasteiger partial charge is 0.462 e. The standard InChI is InChI=1S/C28H36O3/c1-15-22-13-21(28(22,2)3)14-23(15)31-27(30)25-19-9-17-10-20(25)12-18(11-19)24(17)26(29)16-7-5-4-6-8-16/h4-8,15,17-25H,9-14H2,1-3H3/t15-,17?,18?,19?,20?,21+,22-,23-,24?,25?/m0/s1. The zero-order valence-corrected chi connectivity index (χ0v) is 19.1. The van der Waals surface area contributed by atoms with Crippen LogP contribution in [0, 0.1) is 58.7 Å². The highest BCUT2D eigenvalue weighted by atomic mass is 16.5. The molecule has 7 aliphatic carbocycles. The summed E-state index contributed by atoms with van der Waals surface area (Å²) >= 11 is 0. The zero-order valence-electron chi connectivity index (χ0n) is 19.1. The van der Waals surface area contributed by atoms with Gasteiger partial charge in [0.05, 0.1) is 5.92 Å². The summed E-state index contributed by atoms with van der Waals surface area (Å²) < 4.78 is 6.26. The van der Waals surface area contributed by atoms with Gasteiger partial charge in [-0.3, -0.25) is 9.59 Å². The van der Waals surface area contributed by atoms with Gasteiger partial charge in [0.25, 0.3) is 0 Å². The third kappa shape index (κ3) is 2.91. The molecule has 6 bridgehead atoms. The molecule has 7 saturated carbocycles. The van der Waals surface area contributed by atoms with Gasteiger partial charge in [0.2, 0.25) is 0 Å². The number of hydrogen-bond donors (Lipinski definition) is 0. The molecule has 166 valence electrons. The van der Waals surface area contributed by atoms with Gasteiger partial charge in [0, 0.05) is 11.5 Å². The number of hydrogen-bond acceptors (Lipinski definition) is 3. The van der Waals surface area contributed by atoms with E-state index in [1.165, 1.54) is 6.42 Å². The SMILES string of the molecule is C[C@@H]1[C@@H](OC(=O)C2C3CC4CC2CC(C3)C4C(=O)c2ccccc2)C[C@H]2C[C@@H]1C2(C)C. The van der Waals surface area contributed by atoms with Crippen LogP contribution in [0.15, 0.2) is 30.3 Å². The number of benzene rings is 1. The molecule has 3 nitrogen and oxygen atoms in total. The first-order chi connectivity index (χ1) is 14.8. The summed E-state index contributed by atoms with van der Waals surface area (Å²) in [5.41, 5.74) is 1.29. The minimum absolute atomic E-state index is 0.0822. The number of ketones is 1. The first-order valence-corrected chi connectivity index (χ1v) is 12.6. The van der Waals surface area contributed by atoms with E-state index in [1.54, 1.807) is 0 Å². The summed E-state index contributed by atoms with van der Waals surface area (Å²) in [6.07, 6.45) is 6.63.